The van der Waals surface area contributed by atoms with Crippen LogP contribution in [0.1, 0.15) is 29.7 Å². The van der Waals surface area contributed by atoms with Crippen molar-refractivity contribution in [1.82, 2.24) is 10.0 Å². The molecule has 2 aromatic rings. The Kier molecular flexibility index (Phi) is 5.16. The number of hydrogen-bond donors (Lipinski definition) is 2. The van der Waals surface area contributed by atoms with Gasteiger partial charge < -0.3 is 5.32 Å². The fourth-order valence-corrected chi connectivity index (χ4v) is 4.46. The predicted molar refractivity (Wildman–Crippen MR) is 87.0 cm³/mol. The van der Waals surface area contributed by atoms with E-state index in [1.54, 1.807) is 6.07 Å². The normalized spacial score (nSPS) is 13.3. The Balaban J connectivity index is 2.14. The number of aryl methyl sites for hydroxylation is 1. The van der Waals surface area contributed by atoms with Crippen molar-refractivity contribution in [2.24, 2.45) is 0 Å². The summed E-state index contributed by atoms with van der Waals surface area (Å²) in [7, 11) is -1.64. The molecular formula is C15H20N2O2S2. The summed E-state index contributed by atoms with van der Waals surface area (Å²) >= 11 is 1.25. The second-order valence-corrected chi connectivity index (χ2v) is 7.91. The average Bonchev–Trinajstić information content (AvgIpc) is 2.89. The van der Waals surface area contributed by atoms with E-state index in [2.05, 4.69) is 10.0 Å². The van der Waals surface area contributed by atoms with E-state index in [9.17, 15) is 8.42 Å². The molecule has 2 rings (SSSR count). The molecule has 0 amide bonds. The molecule has 0 saturated heterocycles. The van der Waals surface area contributed by atoms with E-state index in [0.29, 0.717) is 10.8 Å². The van der Waals surface area contributed by atoms with Gasteiger partial charge in [-0.2, -0.15) is 0 Å². The fourth-order valence-electron chi connectivity index (χ4n) is 2.00. The van der Waals surface area contributed by atoms with Gasteiger partial charge in [-0.15, -0.1) is 11.3 Å². The van der Waals surface area contributed by atoms with Crippen molar-refractivity contribution in [3.05, 3.63) is 52.4 Å². The first-order valence-corrected chi connectivity index (χ1v) is 9.09. The lowest BCUT2D eigenvalue weighted by Gasteiger charge is -2.14. The van der Waals surface area contributed by atoms with E-state index in [-0.39, 0.29) is 6.04 Å². The monoisotopic (exact) mass is 324 g/mol. The largest absolute Gasteiger partial charge is 0.316 e. The van der Waals surface area contributed by atoms with Crippen LogP contribution in [0.25, 0.3) is 0 Å². The zero-order valence-corrected chi connectivity index (χ0v) is 14.0. The number of benzene rings is 1. The minimum atomic E-state index is -3.47. The third-order valence-corrected chi connectivity index (χ3v) is 6.21. The van der Waals surface area contributed by atoms with Crippen molar-refractivity contribution in [2.75, 3.05) is 7.05 Å². The van der Waals surface area contributed by atoms with Crippen LogP contribution < -0.4 is 10.0 Å². The summed E-state index contributed by atoms with van der Waals surface area (Å²) < 4.78 is 27.8. The quantitative estimate of drug-likeness (QED) is 0.859. The van der Waals surface area contributed by atoms with Gasteiger partial charge in [0.15, 0.2) is 0 Å². The molecule has 21 heavy (non-hydrogen) atoms. The predicted octanol–water partition coefficient (Wildman–Crippen LogP) is 2.82. The minimum absolute atomic E-state index is 0.259. The van der Waals surface area contributed by atoms with E-state index < -0.39 is 10.0 Å². The van der Waals surface area contributed by atoms with Crippen LogP contribution in [0.15, 0.2) is 39.9 Å². The summed E-state index contributed by atoms with van der Waals surface area (Å²) in [6, 6.07) is 9.32. The van der Waals surface area contributed by atoms with Gasteiger partial charge in [0.2, 0.25) is 0 Å². The molecule has 114 valence electrons. The van der Waals surface area contributed by atoms with Crippen LogP contribution in [-0.2, 0) is 16.6 Å². The van der Waals surface area contributed by atoms with Crippen LogP contribution >= 0.6 is 11.3 Å². The Hall–Kier alpha value is -1.21. The SMILES string of the molecule is CNCc1csc(S(=O)(=O)NC(C)c2ccc(C)cc2)c1. The number of rotatable bonds is 6. The van der Waals surface area contributed by atoms with Crippen LogP contribution in [-0.4, -0.2) is 15.5 Å². The molecule has 1 atom stereocenters. The first-order valence-electron chi connectivity index (χ1n) is 6.73. The third kappa shape index (κ3) is 4.14. The highest BCUT2D eigenvalue weighted by molar-refractivity contribution is 7.91. The van der Waals surface area contributed by atoms with E-state index in [4.69, 9.17) is 0 Å². The molecule has 1 heterocycles. The summed E-state index contributed by atoms with van der Waals surface area (Å²) in [6.45, 7) is 4.53. The maximum absolute atomic E-state index is 12.4. The summed E-state index contributed by atoms with van der Waals surface area (Å²) in [4.78, 5) is 0. The third-order valence-electron chi connectivity index (χ3n) is 3.18. The molecule has 0 bridgehead atoms. The van der Waals surface area contributed by atoms with Crippen LogP contribution in [0, 0.1) is 6.92 Å². The van der Waals surface area contributed by atoms with Crippen LogP contribution in [0.3, 0.4) is 0 Å². The lowest BCUT2D eigenvalue weighted by atomic mass is 10.1. The maximum atomic E-state index is 12.4. The smallest absolute Gasteiger partial charge is 0.250 e. The molecule has 1 aromatic heterocycles. The van der Waals surface area contributed by atoms with Crippen molar-refractivity contribution in [2.45, 2.75) is 30.6 Å². The van der Waals surface area contributed by atoms with E-state index in [1.165, 1.54) is 11.3 Å². The summed E-state index contributed by atoms with van der Waals surface area (Å²) in [5.41, 5.74) is 3.09. The van der Waals surface area contributed by atoms with Crippen molar-refractivity contribution < 1.29 is 8.42 Å². The Morgan fingerprint density at radius 3 is 2.52 bits per heavy atom. The van der Waals surface area contributed by atoms with E-state index >= 15 is 0 Å². The first-order chi connectivity index (χ1) is 9.92. The number of sulfonamides is 1. The molecule has 0 aliphatic carbocycles. The van der Waals surface area contributed by atoms with Gasteiger partial charge in [-0.1, -0.05) is 29.8 Å². The van der Waals surface area contributed by atoms with Gasteiger partial charge in [-0.3, -0.25) is 0 Å². The molecule has 0 saturated carbocycles. The Morgan fingerprint density at radius 1 is 1.24 bits per heavy atom. The van der Waals surface area contributed by atoms with E-state index in [0.717, 1.165) is 16.7 Å². The number of thiophene rings is 1. The average molecular weight is 324 g/mol. The van der Waals surface area contributed by atoms with Gasteiger partial charge in [-0.25, -0.2) is 13.1 Å². The molecular weight excluding hydrogens is 304 g/mol. The highest BCUT2D eigenvalue weighted by Gasteiger charge is 2.20. The maximum Gasteiger partial charge on any atom is 0.250 e. The molecule has 6 heteroatoms. The van der Waals surface area contributed by atoms with Crippen molar-refractivity contribution in [3.63, 3.8) is 0 Å². The summed E-state index contributed by atoms with van der Waals surface area (Å²) in [6.07, 6.45) is 0. The molecule has 0 spiro atoms. The van der Waals surface area contributed by atoms with Gasteiger partial charge >= 0.3 is 0 Å². The molecule has 1 aromatic carbocycles. The first kappa shape index (κ1) is 16.2. The number of hydrogen-bond acceptors (Lipinski definition) is 4. The zero-order valence-electron chi connectivity index (χ0n) is 12.4. The van der Waals surface area contributed by atoms with Gasteiger partial charge in [0.25, 0.3) is 10.0 Å². The highest BCUT2D eigenvalue weighted by Crippen LogP contribution is 2.23. The second-order valence-electron chi connectivity index (χ2n) is 5.06. The summed E-state index contributed by atoms with van der Waals surface area (Å²) in [5, 5.41) is 4.87. The second kappa shape index (κ2) is 6.70. The van der Waals surface area contributed by atoms with Crippen molar-refractivity contribution >= 4 is 21.4 Å². The highest BCUT2D eigenvalue weighted by atomic mass is 32.2. The zero-order chi connectivity index (χ0) is 15.5. The Bertz CT molecular complexity index is 691. The Labute approximate surface area is 130 Å². The molecule has 0 aliphatic heterocycles. The topological polar surface area (TPSA) is 58.2 Å². The molecule has 2 N–H and O–H groups in total. The molecule has 0 radical (unpaired) electrons. The van der Waals surface area contributed by atoms with Gasteiger partial charge in [0, 0.05) is 12.6 Å². The van der Waals surface area contributed by atoms with Crippen LogP contribution in [0.5, 0.6) is 0 Å². The van der Waals surface area contributed by atoms with Crippen LogP contribution in [0.4, 0.5) is 0 Å². The molecule has 1 unspecified atom stereocenters. The molecule has 0 fully saturated rings. The Morgan fingerprint density at radius 2 is 1.90 bits per heavy atom. The van der Waals surface area contributed by atoms with Crippen LogP contribution in [0.2, 0.25) is 0 Å². The van der Waals surface area contributed by atoms with Gasteiger partial charge in [-0.05, 0) is 43.5 Å². The fraction of sp³-hybridized carbons (Fsp3) is 0.333. The minimum Gasteiger partial charge on any atom is -0.316 e. The lowest BCUT2D eigenvalue weighted by Crippen LogP contribution is -2.26. The molecule has 0 aliphatic rings. The summed E-state index contributed by atoms with van der Waals surface area (Å²) in [5.74, 6) is 0. The van der Waals surface area contributed by atoms with Gasteiger partial charge in [0.05, 0.1) is 0 Å². The lowest BCUT2D eigenvalue weighted by molar-refractivity contribution is 0.569. The van der Waals surface area contributed by atoms with Gasteiger partial charge in [0.1, 0.15) is 4.21 Å². The van der Waals surface area contributed by atoms with Crippen molar-refractivity contribution in [1.29, 1.82) is 0 Å². The standard InChI is InChI=1S/C15H20N2O2S2/c1-11-4-6-14(7-5-11)12(2)17-21(18,19)15-8-13(9-16-3)10-20-15/h4-8,10,12,16-17H,9H2,1-3H3. The van der Waals surface area contributed by atoms with E-state index in [1.807, 2.05) is 50.5 Å². The number of nitrogens with one attached hydrogen (secondary N) is 2. The van der Waals surface area contributed by atoms with Crippen molar-refractivity contribution in [3.8, 4) is 0 Å². The molecule has 4 nitrogen and oxygen atoms in total.